The summed E-state index contributed by atoms with van der Waals surface area (Å²) in [5.74, 6) is -1.06. The van der Waals surface area contributed by atoms with Crippen molar-refractivity contribution in [2.75, 3.05) is 20.8 Å². The quantitative estimate of drug-likeness (QED) is 0.365. The average Bonchev–Trinajstić information content (AvgIpc) is 3.23. The first-order valence-corrected chi connectivity index (χ1v) is 11.1. The van der Waals surface area contributed by atoms with Crippen molar-refractivity contribution in [1.82, 2.24) is 5.32 Å². The van der Waals surface area contributed by atoms with Crippen molar-refractivity contribution in [1.29, 1.82) is 0 Å². The number of benzene rings is 2. The lowest BCUT2D eigenvalue weighted by Crippen LogP contribution is -2.40. The van der Waals surface area contributed by atoms with E-state index in [0.717, 1.165) is 19.8 Å². The van der Waals surface area contributed by atoms with Crippen LogP contribution in [0.1, 0.15) is 24.2 Å². The van der Waals surface area contributed by atoms with Crippen LogP contribution >= 0.6 is 23.2 Å². The molecule has 0 aromatic heterocycles. The number of carbonyl (C=O) groups excluding carboxylic acids is 2. The van der Waals surface area contributed by atoms with Gasteiger partial charge >= 0.3 is 18.4 Å². The summed E-state index contributed by atoms with van der Waals surface area (Å²) in [6, 6.07) is 10.4. The normalized spacial score (nSPS) is 16.3. The Labute approximate surface area is 206 Å². The van der Waals surface area contributed by atoms with E-state index < -0.39 is 30.6 Å². The zero-order valence-electron chi connectivity index (χ0n) is 18.7. The van der Waals surface area contributed by atoms with Crippen molar-refractivity contribution >= 4 is 35.1 Å². The van der Waals surface area contributed by atoms with E-state index in [-0.39, 0.29) is 6.04 Å². The second kappa shape index (κ2) is 11.7. The molecule has 0 saturated carbocycles. The minimum atomic E-state index is -1.64. The molecule has 1 unspecified atom stereocenters. The summed E-state index contributed by atoms with van der Waals surface area (Å²) in [4.78, 5) is 23.6. The molecule has 0 saturated heterocycles. The van der Waals surface area contributed by atoms with Crippen LogP contribution in [0.4, 0.5) is 0 Å². The number of fused-ring (bicyclic) bond motifs is 1. The molecule has 1 aliphatic heterocycles. The number of hydrogen-bond donors (Lipinski definition) is 2. The molecule has 0 amide bonds. The van der Waals surface area contributed by atoms with E-state index >= 15 is 0 Å². The van der Waals surface area contributed by atoms with E-state index in [1.807, 2.05) is 13.0 Å². The Morgan fingerprint density at radius 1 is 1.03 bits per heavy atom. The fourth-order valence-electron chi connectivity index (χ4n) is 3.26. The maximum Gasteiger partial charge on any atom is 0.362 e. The number of esters is 2. The lowest BCUT2D eigenvalue weighted by molar-refractivity contribution is -0.221. The first-order chi connectivity index (χ1) is 16.2. The maximum atomic E-state index is 11.8. The highest BCUT2D eigenvalue weighted by Gasteiger charge is 2.37. The fraction of sp³-hybridized carbons (Fsp3) is 0.391. The third kappa shape index (κ3) is 6.52. The molecule has 2 N–H and O–H groups in total. The van der Waals surface area contributed by atoms with Gasteiger partial charge in [0.05, 0.1) is 30.4 Å². The SMILES string of the molecule is COC(=O)C(O[C@@H]1Oc2ccc(CC(C)NC[C@H](O)c3ccc(Cl)c(Cl)c3)cc2O1)C(=O)OC. The summed E-state index contributed by atoms with van der Waals surface area (Å²) >= 11 is 11.9. The molecule has 0 fully saturated rings. The van der Waals surface area contributed by atoms with Crippen LogP contribution in [0.5, 0.6) is 11.5 Å². The van der Waals surface area contributed by atoms with Crippen LogP contribution in [0.15, 0.2) is 36.4 Å². The lowest BCUT2D eigenvalue weighted by Gasteiger charge is -2.18. The van der Waals surface area contributed by atoms with Crippen molar-refractivity contribution in [3.05, 3.63) is 57.6 Å². The van der Waals surface area contributed by atoms with Crippen molar-refractivity contribution in [3.63, 3.8) is 0 Å². The fourth-order valence-corrected chi connectivity index (χ4v) is 3.57. The minimum absolute atomic E-state index is 0.0212. The molecular weight excluding hydrogens is 489 g/mol. The third-order valence-corrected chi connectivity index (χ3v) is 5.80. The molecule has 2 aromatic rings. The highest BCUT2D eigenvalue weighted by molar-refractivity contribution is 6.42. The number of aliphatic hydroxyl groups is 1. The van der Waals surface area contributed by atoms with Crippen LogP contribution in [0.3, 0.4) is 0 Å². The van der Waals surface area contributed by atoms with Crippen LogP contribution in [0, 0.1) is 0 Å². The molecule has 2 aromatic carbocycles. The van der Waals surface area contributed by atoms with Gasteiger partial charge in [-0.1, -0.05) is 35.3 Å². The monoisotopic (exact) mass is 513 g/mol. The van der Waals surface area contributed by atoms with E-state index in [2.05, 4.69) is 14.8 Å². The van der Waals surface area contributed by atoms with E-state index in [1.54, 1.807) is 30.3 Å². The average molecular weight is 514 g/mol. The summed E-state index contributed by atoms with van der Waals surface area (Å²) in [5, 5.41) is 14.5. The highest BCUT2D eigenvalue weighted by Crippen LogP contribution is 2.36. The van der Waals surface area contributed by atoms with Crippen LogP contribution < -0.4 is 14.8 Å². The maximum absolute atomic E-state index is 11.8. The first-order valence-electron chi connectivity index (χ1n) is 10.4. The van der Waals surface area contributed by atoms with Crippen molar-refractivity contribution < 1.29 is 38.4 Å². The molecule has 1 heterocycles. The van der Waals surface area contributed by atoms with Crippen LogP contribution in [-0.4, -0.2) is 56.4 Å². The summed E-state index contributed by atoms with van der Waals surface area (Å²) in [5.41, 5.74) is 1.60. The minimum Gasteiger partial charge on any atom is -0.467 e. The van der Waals surface area contributed by atoms with Crippen LogP contribution in [0.2, 0.25) is 10.0 Å². The Morgan fingerprint density at radius 2 is 1.71 bits per heavy atom. The summed E-state index contributed by atoms with van der Waals surface area (Å²) in [6.07, 6.45) is -1.76. The second-order valence-corrected chi connectivity index (χ2v) is 8.39. The van der Waals surface area contributed by atoms with Crippen LogP contribution in [-0.2, 0) is 30.2 Å². The van der Waals surface area contributed by atoms with E-state index in [9.17, 15) is 14.7 Å². The van der Waals surface area contributed by atoms with Crippen molar-refractivity contribution in [2.24, 2.45) is 0 Å². The first kappa shape index (κ1) is 26.1. The number of aliphatic hydroxyl groups excluding tert-OH is 1. The number of nitrogens with one attached hydrogen (secondary N) is 1. The van der Waals surface area contributed by atoms with Gasteiger partial charge in [0, 0.05) is 12.6 Å². The number of carbonyl (C=O) groups is 2. The molecule has 3 rings (SSSR count). The molecule has 0 spiro atoms. The zero-order valence-corrected chi connectivity index (χ0v) is 20.3. The van der Waals surface area contributed by atoms with E-state index in [1.165, 1.54) is 0 Å². The Kier molecular flexibility index (Phi) is 8.98. The molecule has 1 aliphatic rings. The smallest absolute Gasteiger partial charge is 0.362 e. The topological polar surface area (TPSA) is 113 Å². The molecule has 184 valence electrons. The Morgan fingerprint density at radius 3 is 2.35 bits per heavy atom. The second-order valence-electron chi connectivity index (χ2n) is 7.57. The molecule has 34 heavy (non-hydrogen) atoms. The Balaban J connectivity index is 1.54. The number of halogens is 2. The predicted molar refractivity (Wildman–Crippen MR) is 123 cm³/mol. The summed E-state index contributed by atoms with van der Waals surface area (Å²) in [7, 11) is 2.25. The van der Waals surface area contributed by atoms with Gasteiger partial charge in [-0.2, -0.15) is 0 Å². The number of hydrogen-bond acceptors (Lipinski definition) is 9. The largest absolute Gasteiger partial charge is 0.467 e. The predicted octanol–water partition coefficient (Wildman–Crippen LogP) is 3.03. The van der Waals surface area contributed by atoms with Gasteiger partial charge < -0.3 is 29.4 Å². The molecule has 0 bridgehead atoms. The highest BCUT2D eigenvalue weighted by atomic mass is 35.5. The van der Waals surface area contributed by atoms with Crippen LogP contribution in [0.25, 0.3) is 0 Å². The third-order valence-electron chi connectivity index (χ3n) is 5.06. The molecule has 0 aliphatic carbocycles. The van der Waals surface area contributed by atoms with Gasteiger partial charge in [0.1, 0.15) is 0 Å². The van der Waals surface area contributed by atoms with E-state index in [4.69, 9.17) is 37.4 Å². The van der Waals surface area contributed by atoms with Gasteiger partial charge in [0.15, 0.2) is 11.5 Å². The molecule has 0 radical (unpaired) electrons. The van der Waals surface area contributed by atoms with E-state index in [0.29, 0.717) is 40.1 Å². The van der Waals surface area contributed by atoms with Gasteiger partial charge in [0.25, 0.3) is 6.10 Å². The van der Waals surface area contributed by atoms with Crippen molar-refractivity contribution in [3.8, 4) is 11.5 Å². The summed E-state index contributed by atoms with van der Waals surface area (Å²) in [6.45, 7) is 0.988. The van der Waals surface area contributed by atoms with Gasteiger partial charge in [0.2, 0.25) is 0 Å². The summed E-state index contributed by atoms with van der Waals surface area (Å²) < 4.78 is 25.5. The Hall–Kier alpha value is -2.56. The standard InChI is InChI=1S/C23H25Cl2NO8/c1-12(26-11-17(27)14-5-6-15(24)16(25)10-14)8-13-4-7-18-19(9-13)33-23(32-18)34-20(21(28)30-2)22(29)31-3/h4-7,9-10,12,17,20,23,26-27H,8,11H2,1-3H3/t12?,17-,23+/m0/s1. The van der Waals surface area contributed by atoms with Gasteiger partial charge in [-0.3, -0.25) is 4.74 Å². The molecule has 9 nitrogen and oxygen atoms in total. The Bertz CT molecular complexity index is 1020. The number of rotatable bonds is 10. The van der Waals surface area contributed by atoms with Gasteiger partial charge in [-0.25, -0.2) is 9.59 Å². The molecule has 3 atom stereocenters. The number of ether oxygens (including phenoxy) is 5. The molecular formula is C23H25Cl2NO8. The molecule has 11 heteroatoms. The van der Waals surface area contributed by atoms with Gasteiger partial charge in [-0.15, -0.1) is 0 Å². The van der Waals surface area contributed by atoms with Gasteiger partial charge in [-0.05, 0) is 48.7 Å². The number of methoxy groups -OCH3 is 2. The van der Waals surface area contributed by atoms with Crippen molar-refractivity contribution in [2.45, 2.75) is 38.1 Å². The lowest BCUT2D eigenvalue weighted by atomic mass is 10.1. The zero-order chi connectivity index (χ0) is 24.8.